The summed E-state index contributed by atoms with van der Waals surface area (Å²) in [6, 6.07) is 4.39. The molecular formula is C15H22O. The molecule has 0 bridgehead atoms. The molecule has 1 unspecified atom stereocenters. The maximum atomic E-state index is 10.8. The Balaban J connectivity index is 2.49. The number of aryl methyl sites for hydroxylation is 3. The molecular weight excluding hydrogens is 196 g/mol. The first-order valence-corrected chi connectivity index (χ1v) is 6.29. The van der Waals surface area contributed by atoms with E-state index in [1.807, 2.05) is 0 Å². The SMILES string of the molecule is CCC(O)(c1cc(C)c(C)cc1C)C1CC1. The van der Waals surface area contributed by atoms with E-state index >= 15 is 0 Å². The molecule has 1 fully saturated rings. The molecule has 0 radical (unpaired) electrons. The molecule has 1 atom stereocenters. The zero-order valence-corrected chi connectivity index (χ0v) is 10.8. The highest BCUT2D eigenvalue weighted by molar-refractivity contribution is 5.40. The third kappa shape index (κ3) is 1.78. The van der Waals surface area contributed by atoms with Gasteiger partial charge in [-0.3, -0.25) is 0 Å². The lowest BCUT2D eigenvalue weighted by molar-refractivity contribution is 0.00825. The molecule has 0 amide bonds. The van der Waals surface area contributed by atoms with Gasteiger partial charge in [-0.2, -0.15) is 0 Å². The van der Waals surface area contributed by atoms with Gasteiger partial charge in [0, 0.05) is 0 Å². The van der Waals surface area contributed by atoms with E-state index in [4.69, 9.17) is 0 Å². The van der Waals surface area contributed by atoms with Crippen molar-refractivity contribution in [1.29, 1.82) is 0 Å². The van der Waals surface area contributed by atoms with Crippen molar-refractivity contribution in [3.63, 3.8) is 0 Å². The van der Waals surface area contributed by atoms with Gasteiger partial charge in [0.25, 0.3) is 0 Å². The van der Waals surface area contributed by atoms with Gasteiger partial charge in [0.1, 0.15) is 0 Å². The van der Waals surface area contributed by atoms with Crippen LogP contribution in [0.2, 0.25) is 0 Å². The van der Waals surface area contributed by atoms with Crippen molar-refractivity contribution >= 4 is 0 Å². The van der Waals surface area contributed by atoms with Crippen LogP contribution >= 0.6 is 0 Å². The molecule has 0 aromatic heterocycles. The van der Waals surface area contributed by atoms with E-state index in [2.05, 4.69) is 39.8 Å². The quantitative estimate of drug-likeness (QED) is 0.821. The highest BCUT2D eigenvalue weighted by atomic mass is 16.3. The van der Waals surface area contributed by atoms with Crippen LogP contribution in [0.25, 0.3) is 0 Å². The van der Waals surface area contributed by atoms with Crippen molar-refractivity contribution in [3.05, 3.63) is 34.4 Å². The molecule has 1 nitrogen and oxygen atoms in total. The third-order valence-electron chi connectivity index (χ3n) is 4.10. The lowest BCUT2D eigenvalue weighted by Crippen LogP contribution is -2.28. The lowest BCUT2D eigenvalue weighted by Gasteiger charge is -2.30. The molecule has 1 aliphatic rings. The van der Waals surface area contributed by atoms with Gasteiger partial charge in [-0.1, -0.05) is 19.1 Å². The molecule has 0 saturated heterocycles. The highest BCUT2D eigenvalue weighted by Crippen LogP contribution is 2.48. The first-order valence-electron chi connectivity index (χ1n) is 6.29. The van der Waals surface area contributed by atoms with Gasteiger partial charge < -0.3 is 5.11 Å². The summed E-state index contributed by atoms with van der Waals surface area (Å²) >= 11 is 0. The largest absolute Gasteiger partial charge is 0.385 e. The minimum absolute atomic E-state index is 0.485. The minimum atomic E-state index is -0.581. The fraction of sp³-hybridized carbons (Fsp3) is 0.600. The number of benzene rings is 1. The number of hydrogen-bond acceptors (Lipinski definition) is 1. The molecule has 2 rings (SSSR count). The Morgan fingerprint density at radius 2 is 1.69 bits per heavy atom. The summed E-state index contributed by atoms with van der Waals surface area (Å²) in [5.41, 5.74) is 4.41. The first-order chi connectivity index (χ1) is 7.49. The first kappa shape index (κ1) is 11.7. The molecule has 1 aromatic carbocycles. The van der Waals surface area contributed by atoms with Crippen molar-refractivity contribution < 1.29 is 5.11 Å². The average Bonchev–Trinajstić information content (AvgIpc) is 3.06. The number of rotatable bonds is 3. The van der Waals surface area contributed by atoms with E-state index in [9.17, 15) is 5.11 Å². The van der Waals surface area contributed by atoms with Crippen molar-refractivity contribution in [2.24, 2.45) is 5.92 Å². The summed E-state index contributed by atoms with van der Waals surface area (Å²) < 4.78 is 0. The summed E-state index contributed by atoms with van der Waals surface area (Å²) in [5, 5.41) is 10.8. The predicted molar refractivity (Wildman–Crippen MR) is 67.6 cm³/mol. The standard InChI is InChI=1S/C15H22O/c1-5-15(16,13-6-7-13)14-9-11(3)10(2)8-12(14)4/h8-9,13,16H,5-7H2,1-4H3. The van der Waals surface area contributed by atoms with E-state index in [1.54, 1.807) is 0 Å². The second-order valence-corrected chi connectivity index (χ2v) is 5.30. The summed E-state index contributed by atoms with van der Waals surface area (Å²) in [7, 11) is 0. The van der Waals surface area contributed by atoms with Crippen molar-refractivity contribution in [3.8, 4) is 0 Å². The Hall–Kier alpha value is -0.820. The monoisotopic (exact) mass is 218 g/mol. The van der Waals surface area contributed by atoms with Gasteiger partial charge in [-0.25, -0.2) is 0 Å². The second kappa shape index (κ2) is 3.89. The average molecular weight is 218 g/mol. The van der Waals surface area contributed by atoms with Crippen LogP contribution in [0.5, 0.6) is 0 Å². The number of hydrogen-bond donors (Lipinski definition) is 1. The Bertz CT molecular complexity index is 404. The summed E-state index contributed by atoms with van der Waals surface area (Å²) in [6.45, 7) is 8.47. The van der Waals surface area contributed by atoms with Gasteiger partial charge in [0.05, 0.1) is 5.60 Å². The van der Waals surface area contributed by atoms with E-state index in [0.29, 0.717) is 5.92 Å². The zero-order chi connectivity index (χ0) is 11.9. The van der Waals surface area contributed by atoms with Crippen molar-refractivity contribution in [2.45, 2.75) is 52.6 Å². The fourth-order valence-corrected chi connectivity index (χ4v) is 2.69. The number of aliphatic hydroxyl groups is 1. The smallest absolute Gasteiger partial charge is 0.0924 e. The van der Waals surface area contributed by atoms with E-state index in [0.717, 1.165) is 12.0 Å². The normalized spacial score (nSPS) is 19.6. The summed E-state index contributed by atoms with van der Waals surface area (Å²) in [5.74, 6) is 0.485. The summed E-state index contributed by atoms with van der Waals surface area (Å²) in [4.78, 5) is 0. The van der Waals surface area contributed by atoms with Crippen LogP contribution in [-0.2, 0) is 5.60 Å². The van der Waals surface area contributed by atoms with Crippen LogP contribution in [0.4, 0.5) is 0 Å². The highest BCUT2D eigenvalue weighted by Gasteiger charge is 2.44. The van der Waals surface area contributed by atoms with Crippen LogP contribution < -0.4 is 0 Å². The maximum Gasteiger partial charge on any atom is 0.0924 e. The molecule has 1 saturated carbocycles. The molecule has 0 heterocycles. The van der Waals surface area contributed by atoms with Crippen LogP contribution in [0.15, 0.2) is 12.1 Å². The van der Waals surface area contributed by atoms with Crippen molar-refractivity contribution in [1.82, 2.24) is 0 Å². The summed E-state index contributed by atoms with van der Waals surface area (Å²) in [6.07, 6.45) is 3.18. The van der Waals surface area contributed by atoms with Crippen LogP contribution in [0.1, 0.15) is 48.4 Å². The maximum absolute atomic E-state index is 10.8. The van der Waals surface area contributed by atoms with Crippen molar-refractivity contribution in [2.75, 3.05) is 0 Å². The Morgan fingerprint density at radius 1 is 1.12 bits per heavy atom. The van der Waals surface area contributed by atoms with Crippen LogP contribution in [-0.4, -0.2) is 5.11 Å². The molecule has 1 aromatic rings. The molecule has 88 valence electrons. The van der Waals surface area contributed by atoms with E-state index in [-0.39, 0.29) is 0 Å². The van der Waals surface area contributed by atoms with Crippen LogP contribution in [0, 0.1) is 26.7 Å². The van der Waals surface area contributed by atoms with Gasteiger partial charge >= 0.3 is 0 Å². The Kier molecular flexibility index (Phi) is 2.83. The third-order valence-corrected chi connectivity index (χ3v) is 4.10. The fourth-order valence-electron chi connectivity index (χ4n) is 2.69. The minimum Gasteiger partial charge on any atom is -0.385 e. The molecule has 0 aliphatic heterocycles. The molecule has 16 heavy (non-hydrogen) atoms. The Labute approximate surface area is 98.5 Å². The predicted octanol–water partition coefficient (Wildman–Crippen LogP) is 3.62. The molecule has 0 spiro atoms. The van der Waals surface area contributed by atoms with Gasteiger partial charge in [0.2, 0.25) is 0 Å². The van der Waals surface area contributed by atoms with Gasteiger partial charge in [0.15, 0.2) is 0 Å². The van der Waals surface area contributed by atoms with E-state index < -0.39 is 5.60 Å². The zero-order valence-electron chi connectivity index (χ0n) is 10.8. The molecule has 1 aliphatic carbocycles. The van der Waals surface area contributed by atoms with Crippen LogP contribution in [0.3, 0.4) is 0 Å². The Morgan fingerprint density at radius 3 is 2.19 bits per heavy atom. The topological polar surface area (TPSA) is 20.2 Å². The van der Waals surface area contributed by atoms with Gasteiger partial charge in [-0.15, -0.1) is 0 Å². The van der Waals surface area contributed by atoms with E-state index in [1.165, 1.54) is 29.5 Å². The van der Waals surface area contributed by atoms with Gasteiger partial charge in [-0.05, 0) is 68.2 Å². The second-order valence-electron chi connectivity index (χ2n) is 5.30. The lowest BCUT2D eigenvalue weighted by atomic mass is 9.82. The molecule has 1 heteroatoms. The molecule has 1 N–H and O–H groups in total.